The molecule has 164 valence electrons. The molecule has 0 aliphatic heterocycles. The molecule has 0 aliphatic rings. The van der Waals surface area contributed by atoms with Crippen LogP contribution in [0.2, 0.25) is 0 Å². The predicted octanol–water partition coefficient (Wildman–Crippen LogP) is 1.80. The number of anilines is 1. The van der Waals surface area contributed by atoms with Crippen LogP contribution >= 0.6 is 0 Å². The van der Waals surface area contributed by atoms with E-state index in [1.807, 2.05) is 43.5 Å². The number of aromatic nitrogens is 3. The minimum absolute atomic E-state index is 0.0640. The van der Waals surface area contributed by atoms with Gasteiger partial charge in [0.25, 0.3) is 5.56 Å². The Balaban J connectivity index is 1.90. The summed E-state index contributed by atoms with van der Waals surface area (Å²) in [5, 5.41) is 0.711. The Morgan fingerprint density at radius 3 is 2.48 bits per heavy atom. The van der Waals surface area contributed by atoms with E-state index in [1.165, 1.54) is 11.6 Å². The van der Waals surface area contributed by atoms with Crippen LogP contribution in [0.1, 0.15) is 41.5 Å². The molecule has 0 saturated heterocycles. The lowest BCUT2D eigenvalue weighted by Gasteiger charge is -2.16. The Bertz CT molecular complexity index is 1280. The van der Waals surface area contributed by atoms with Crippen LogP contribution in [0, 0.1) is 5.92 Å². The molecule has 31 heavy (non-hydrogen) atoms. The maximum atomic E-state index is 12.8. The summed E-state index contributed by atoms with van der Waals surface area (Å²) in [6.45, 7) is 5.96. The van der Waals surface area contributed by atoms with Crippen molar-refractivity contribution in [3.05, 3.63) is 62.4 Å². The molecular weight excluding hydrogens is 400 g/mol. The first kappa shape index (κ1) is 22.1. The summed E-state index contributed by atoms with van der Waals surface area (Å²) in [7, 11) is 1.28. The van der Waals surface area contributed by atoms with Crippen molar-refractivity contribution in [1.82, 2.24) is 13.7 Å². The third-order valence-electron chi connectivity index (χ3n) is 5.09. The van der Waals surface area contributed by atoms with Crippen LogP contribution in [0.4, 0.5) is 5.82 Å². The molecule has 0 bridgehead atoms. The summed E-state index contributed by atoms with van der Waals surface area (Å²) in [5.41, 5.74) is 5.44. The van der Waals surface area contributed by atoms with E-state index in [-0.39, 0.29) is 23.8 Å². The van der Waals surface area contributed by atoms with E-state index in [0.717, 1.165) is 10.1 Å². The Kier molecular flexibility index (Phi) is 6.14. The van der Waals surface area contributed by atoms with Gasteiger partial charge in [0.15, 0.2) is 6.61 Å². The second kappa shape index (κ2) is 8.63. The van der Waals surface area contributed by atoms with Gasteiger partial charge in [-0.25, -0.2) is 9.59 Å². The molecule has 0 unspecified atom stereocenters. The van der Waals surface area contributed by atoms with E-state index in [4.69, 9.17) is 10.5 Å². The molecule has 9 nitrogen and oxygen atoms in total. The van der Waals surface area contributed by atoms with Crippen molar-refractivity contribution < 1.29 is 14.3 Å². The second-order valence-corrected chi connectivity index (χ2v) is 7.76. The number of Topliss-reactive ketones (excluding diaryl/α,β-unsaturated/α-hetero) is 1. The predicted molar refractivity (Wildman–Crippen MR) is 117 cm³/mol. The average Bonchev–Trinajstić information content (AvgIpc) is 3.12. The SMILES string of the molecule is CCn1cc(C(=O)OCC(=O)c2c(N)n(CC(C)C)c(=O)n(C)c2=O)c2ccccc21. The van der Waals surface area contributed by atoms with Gasteiger partial charge in [-0.15, -0.1) is 0 Å². The molecule has 2 N–H and O–H groups in total. The van der Waals surface area contributed by atoms with Crippen LogP contribution in [0.3, 0.4) is 0 Å². The molecule has 0 spiro atoms. The van der Waals surface area contributed by atoms with Crippen molar-refractivity contribution >= 4 is 28.5 Å². The van der Waals surface area contributed by atoms with Crippen molar-refractivity contribution in [3.8, 4) is 0 Å². The van der Waals surface area contributed by atoms with Gasteiger partial charge in [0, 0.05) is 37.2 Å². The number of ketones is 1. The molecule has 0 saturated carbocycles. The fraction of sp³-hybridized carbons (Fsp3) is 0.364. The largest absolute Gasteiger partial charge is 0.454 e. The molecular formula is C22H26N4O5. The Hall–Kier alpha value is -3.62. The number of benzene rings is 1. The molecule has 0 atom stereocenters. The highest BCUT2D eigenvalue weighted by molar-refractivity contribution is 6.06. The molecule has 9 heteroatoms. The lowest BCUT2D eigenvalue weighted by Crippen LogP contribution is -2.43. The summed E-state index contributed by atoms with van der Waals surface area (Å²) in [5.74, 6) is -1.59. The number of carbonyl (C=O) groups excluding carboxylic acids is 2. The molecule has 0 amide bonds. The number of para-hydroxylation sites is 1. The number of aryl methyl sites for hydroxylation is 1. The summed E-state index contributed by atoms with van der Waals surface area (Å²) in [4.78, 5) is 50.3. The molecule has 2 heterocycles. The lowest BCUT2D eigenvalue weighted by atomic mass is 10.1. The molecule has 0 aliphatic carbocycles. The first-order chi connectivity index (χ1) is 14.7. The van der Waals surface area contributed by atoms with E-state index < -0.39 is 29.6 Å². The topological polar surface area (TPSA) is 118 Å². The van der Waals surface area contributed by atoms with Crippen molar-refractivity contribution in [2.75, 3.05) is 12.3 Å². The second-order valence-electron chi connectivity index (χ2n) is 7.76. The van der Waals surface area contributed by atoms with E-state index in [2.05, 4.69) is 0 Å². The zero-order valence-electron chi connectivity index (χ0n) is 18.0. The van der Waals surface area contributed by atoms with E-state index in [9.17, 15) is 19.2 Å². The van der Waals surface area contributed by atoms with Crippen molar-refractivity contribution in [3.63, 3.8) is 0 Å². The van der Waals surface area contributed by atoms with Crippen LogP contribution in [-0.2, 0) is 24.9 Å². The zero-order valence-corrected chi connectivity index (χ0v) is 18.0. The average molecular weight is 426 g/mol. The number of nitrogens with zero attached hydrogens (tertiary/aromatic N) is 3. The third kappa shape index (κ3) is 4.03. The number of ether oxygens (including phenoxy) is 1. The fourth-order valence-electron chi connectivity index (χ4n) is 3.54. The molecule has 0 radical (unpaired) electrons. The van der Waals surface area contributed by atoms with Gasteiger partial charge in [-0.1, -0.05) is 32.0 Å². The van der Waals surface area contributed by atoms with Crippen LogP contribution < -0.4 is 17.0 Å². The highest BCUT2D eigenvalue weighted by Gasteiger charge is 2.24. The minimum atomic E-state index is -0.814. The molecule has 1 aromatic carbocycles. The standard InChI is InChI=1S/C22H26N4O5/c1-5-25-11-15(14-8-6-7-9-16(14)25)21(29)31-12-17(27)18-19(23)26(10-13(2)3)22(30)24(4)20(18)28/h6-9,11,13H,5,10,12,23H2,1-4H3. The number of nitrogen functional groups attached to an aromatic ring is 1. The summed E-state index contributed by atoms with van der Waals surface area (Å²) in [6.07, 6.45) is 1.67. The number of fused-ring (bicyclic) bond motifs is 1. The first-order valence-electron chi connectivity index (χ1n) is 10.0. The quantitative estimate of drug-likeness (QED) is 0.455. The van der Waals surface area contributed by atoms with Gasteiger partial charge in [-0.05, 0) is 18.9 Å². The van der Waals surface area contributed by atoms with Gasteiger partial charge < -0.3 is 15.0 Å². The number of esters is 1. The lowest BCUT2D eigenvalue weighted by molar-refractivity contribution is 0.0476. The summed E-state index contributed by atoms with van der Waals surface area (Å²) in [6, 6.07) is 7.38. The van der Waals surface area contributed by atoms with Crippen molar-refractivity contribution in [1.29, 1.82) is 0 Å². The monoisotopic (exact) mass is 426 g/mol. The maximum absolute atomic E-state index is 12.8. The Labute approximate surface area is 178 Å². The molecule has 3 rings (SSSR count). The zero-order chi connectivity index (χ0) is 22.9. The van der Waals surface area contributed by atoms with E-state index >= 15 is 0 Å². The number of nitrogens with two attached hydrogens (primary N) is 1. The van der Waals surface area contributed by atoms with Gasteiger partial charge >= 0.3 is 11.7 Å². The van der Waals surface area contributed by atoms with Crippen LogP contribution in [0.5, 0.6) is 0 Å². The fourth-order valence-corrected chi connectivity index (χ4v) is 3.54. The van der Waals surface area contributed by atoms with E-state index in [1.54, 1.807) is 12.3 Å². The van der Waals surface area contributed by atoms with Crippen molar-refractivity contribution in [2.24, 2.45) is 13.0 Å². The highest BCUT2D eigenvalue weighted by Crippen LogP contribution is 2.22. The Morgan fingerprint density at radius 2 is 1.84 bits per heavy atom. The number of carbonyl (C=O) groups is 2. The van der Waals surface area contributed by atoms with Gasteiger partial charge in [-0.2, -0.15) is 0 Å². The third-order valence-corrected chi connectivity index (χ3v) is 5.09. The molecule has 2 aromatic heterocycles. The number of hydrogen-bond donors (Lipinski definition) is 1. The highest BCUT2D eigenvalue weighted by atomic mass is 16.5. The smallest absolute Gasteiger partial charge is 0.340 e. The molecule has 3 aromatic rings. The van der Waals surface area contributed by atoms with Gasteiger partial charge in [-0.3, -0.25) is 18.7 Å². The van der Waals surface area contributed by atoms with Crippen LogP contribution in [0.25, 0.3) is 10.9 Å². The Morgan fingerprint density at radius 1 is 1.16 bits per heavy atom. The first-order valence-corrected chi connectivity index (χ1v) is 10.0. The van der Waals surface area contributed by atoms with E-state index in [0.29, 0.717) is 17.5 Å². The van der Waals surface area contributed by atoms with Gasteiger partial charge in [0.2, 0.25) is 5.78 Å². The van der Waals surface area contributed by atoms with Gasteiger partial charge in [0.05, 0.1) is 5.56 Å². The molecule has 0 fully saturated rings. The van der Waals surface area contributed by atoms with Crippen molar-refractivity contribution in [2.45, 2.75) is 33.9 Å². The van der Waals surface area contributed by atoms with Crippen LogP contribution in [-0.4, -0.2) is 32.1 Å². The number of rotatable bonds is 7. The normalized spacial score (nSPS) is 11.3. The number of hydrogen-bond acceptors (Lipinski definition) is 6. The minimum Gasteiger partial charge on any atom is -0.454 e. The summed E-state index contributed by atoms with van der Waals surface area (Å²) < 4.78 is 9.15. The van der Waals surface area contributed by atoms with Gasteiger partial charge in [0.1, 0.15) is 11.4 Å². The summed E-state index contributed by atoms with van der Waals surface area (Å²) >= 11 is 0. The van der Waals surface area contributed by atoms with Crippen LogP contribution in [0.15, 0.2) is 40.1 Å². The maximum Gasteiger partial charge on any atom is 0.340 e.